The molecule has 0 aromatic heterocycles. The molecule has 2 rings (SSSR count). The number of aliphatic carboxylic acids is 1. The summed E-state index contributed by atoms with van der Waals surface area (Å²) in [6.45, 7) is 1.84. The van der Waals surface area contributed by atoms with Crippen LogP contribution < -0.4 is 0 Å². The van der Waals surface area contributed by atoms with Crippen LogP contribution >= 0.6 is 11.6 Å². The molecule has 1 unspecified atom stereocenters. The lowest BCUT2D eigenvalue weighted by molar-refractivity contribution is -0.138. The average Bonchev–Trinajstić information content (AvgIpc) is 2.39. The predicted molar refractivity (Wildman–Crippen MR) is 76.7 cm³/mol. The number of benzene rings is 2. The first-order valence-corrected chi connectivity index (χ1v) is 6.58. The second kappa shape index (κ2) is 6.06. The highest BCUT2D eigenvalue weighted by molar-refractivity contribution is 6.30. The number of carbonyl (C=O) groups is 1. The normalized spacial score (nSPS) is 12.2. The lowest BCUT2D eigenvalue weighted by atomic mass is 9.90. The molecule has 0 saturated carbocycles. The van der Waals surface area contributed by atoms with Gasteiger partial charge in [0.05, 0.1) is 5.92 Å². The molecule has 20 heavy (non-hydrogen) atoms. The van der Waals surface area contributed by atoms with Gasteiger partial charge in [-0.15, -0.1) is 0 Å². The number of carboxylic acid groups (broad SMARTS) is 1. The molecular weight excluding hydrogens is 279 g/mol. The summed E-state index contributed by atoms with van der Waals surface area (Å²) in [4.78, 5) is 11.5. The minimum atomic E-state index is -0.948. The molecule has 0 heterocycles. The molecule has 0 bridgehead atoms. The average molecular weight is 293 g/mol. The Morgan fingerprint density at radius 3 is 2.70 bits per heavy atom. The molecule has 0 aliphatic rings. The Balaban J connectivity index is 2.35. The van der Waals surface area contributed by atoms with Gasteiger partial charge < -0.3 is 5.11 Å². The van der Waals surface area contributed by atoms with Crippen LogP contribution in [0.4, 0.5) is 4.39 Å². The van der Waals surface area contributed by atoms with E-state index in [1.807, 2.05) is 6.92 Å². The topological polar surface area (TPSA) is 37.3 Å². The smallest absolute Gasteiger partial charge is 0.311 e. The third-order valence-corrected chi connectivity index (χ3v) is 3.52. The van der Waals surface area contributed by atoms with E-state index in [0.29, 0.717) is 16.1 Å². The first-order valence-electron chi connectivity index (χ1n) is 6.20. The number of aryl methyl sites for hydroxylation is 1. The summed E-state index contributed by atoms with van der Waals surface area (Å²) in [6.07, 6.45) is 0.235. The molecule has 0 fully saturated rings. The van der Waals surface area contributed by atoms with E-state index in [9.17, 15) is 14.3 Å². The number of halogens is 2. The molecular formula is C16H14ClFO2. The summed E-state index contributed by atoms with van der Waals surface area (Å²) in [7, 11) is 0. The van der Waals surface area contributed by atoms with Crippen molar-refractivity contribution in [3.8, 4) is 0 Å². The number of rotatable bonds is 4. The van der Waals surface area contributed by atoms with Gasteiger partial charge in [-0.1, -0.05) is 29.8 Å². The second-order valence-corrected chi connectivity index (χ2v) is 5.16. The summed E-state index contributed by atoms with van der Waals surface area (Å²) in [5.74, 6) is -2.05. The van der Waals surface area contributed by atoms with Crippen LogP contribution in [-0.2, 0) is 11.2 Å². The summed E-state index contributed by atoms with van der Waals surface area (Å²) in [5, 5.41) is 9.89. The van der Waals surface area contributed by atoms with Gasteiger partial charge in [-0.3, -0.25) is 4.79 Å². The summed E-state index contributed by atoms with van der Waals surface area (Å²) in [5.41, 5.74) is 2.19. The van der Waals surface area contributed by atoms with Gasteiger partial charge >= 0.3 is 5.97 Å². The zero-order chi connectivity index (χ0) is 14.7. The maximum Gasteiger partial charge on any atom is 0.311 e. The molecule has 1 atom stereocenters. The van der Waals surface area contributed by atoms with Crippen molar-refractivity contribution >= 4 is 17.6 Å². The lowest BCUT2D eigenvalue weighted by Crippen LogP contribution is -2.15. The summed E-state index contributed by atoms with van der Waals surface area (Å²) in [6, 6.07) is 11.2. The van der Waals surface area contributed by atoms with E-state index >= 15 is 0 Å². The van der Waals surface area contributed by atoms with Crippen LogP contribution in [0.3, 0.4) is 0 Å². The molecule has 0 amide bonds. The molecule has 2 aromatic carbocycles. The van der Waals surface area contributed by atoms with Crippen LogP contribution in [-0.4, -0.2) is 11.1 Å². The number of carboxylic acids is 1. The predicted octanol–water partition coefficient (Wildman–Crippen LogP) is 4.20. The van der Waals surface area contributed by atoms with Crippen LogP contribution in [0.15, 0.2) is 42.5 Å². The van der Waals surface area contributed by atoms with E-state index in [1.54, 1.807) is 30.3 Å². The molecule has 0 saturated heterocycles. The quantitative estimate of drug-likeness (QED) is 0.917. The van der Waals surface area contributed by atoms with Crippen molar-refractivity contribution in [3.05, 3.63) is 70.0 Å². The molecule has 0 radical (unpaired) electrons. The van der Waals surface area contributed by atoms with E-state index in [4.69, 9.17) is 11.6 Å². The second-order valence-electron chi connectivity index (χ2n) is 4.72. The standard InChI is InChI=1S/C16H14ClFO2/c1-10-5-6-14(18)8-12(10)9-15(16(19)20)11-3-2-4-13(17)7-11/h2-8,15H,9H2,1H3,(H,19,20). The fourth-order valence-corrected chi connectivity index (χ4v) is 2.35. The largest absolute Gasteiger partial charge is 0.481 e. The first-order chi connectivity index (χ1) is 9.47. The van der Waals surface area contributed by atoms with Crippen LogP contribution in [0.2, 0.25) is 5.02 Å². The molecule has 0 aliphatic carbocycles. The Bertz CT molecular complexity index is 640. The van der Waals surface area contributed by atoms with Crippen molar-refractivity contribution in [3.63, 3.8) is 0 Å². The summed E-state index contributed by atoms with van der Waals surface area (Å²) >= 11 is 5.90. The van der Waals surface area contributed by atoms with Gasteiger partial charge in [0, 0.05) is 5.02 Å². The molecule has 4 heteroatoms. The van der Waals surface area contributed by atoms with Crippen LogP contribution in [0.25, 0.3) is 0 Å². The molecule has 2 nitrogen and oxygen atoms in total. The zero-order valence-corrected chi connectivity index (χ0v) is 11.7. The fourth-order valence-electron chi connectivity index (χ4n) is 2.15. The Morgan fingerprint density at radius 2 is 2.05 bits per heavy atom. The van der Waals surface area contributed by atoms with Crippen molar-refractivity contribution < 1.29 is 14.3 Å². The van der Waals surface area contributed by atoms with E-state index in [2.05, 4.69) is 0 Å². The van der Waals surface area contributed by atoms with Crippen molar-refractivity contribution in [2.75, 3.05) is 0 Å². The van der Waals surface area contributed by atoms with Gasteiger partial charge in [-0.05, 0) is 54.3 Å². The van der Waals surface area contributed by atoms with Crippen LogP contribution in [0, 0.1) is 12.7 Å². The Morgan fingerprint density at radius 1 is 1.30 bits per heavy atom. The molecule has 1 N–H and O–H groups in total. The van der Waals surface area contributed by atoms with Gasteiger partial charge in [0.2, 0.25) is 0 Å². The highest BCUT2D eigenvalue weighted by Gasteiger charge is 2.21. The van der Waals surface area contributed by atoms with E-state index in [1.165, 1.54) is 12.1 Å². The minimum Gasteiger partial charge on any atom is -0.481 e. The minimum absolute atomic E-state index is 0.235. The maximum absolute atomic E-state index is 13.3. The fraction of sp³-hybridized carbons (Fsp3) is 0.188. The van der Waals surface area contributed by atoms with Crippen molar-refractivity contribution in [1.29, 1.82) is 0 Å². The third-order valence-electron chi connectivity index (χ3n) is 3.28. The van der Waals surface area contributed by atoms with Gasteiger partial charge in [-0.25, -0.2) is 4.39 Å². The van der Waals surface area contributed by atoms with Crippen LogP contribution in [0.5, 0.6) is 0 Å². The van der Waals surface area contributed by atoms with Crippen LogP contribution in [0.1, 0.15) is 22.6 Å². The number of hydrogen-bond donors (Lipinski definition) is 1. The monoisotopic (exact) mass is 292 g/mol. The molecule has 104 valence electrons. The highest BCUT2D eigenvalue weighted by atomic mass is 35.5. The van der Waals surface area contributed by atoms with Crippen molar-refractivity contribution in [1.82, 2.24) is 0 Å². The van der Waals surface area contributed by atoms with Gasteiger partial charge in [0.25, 0.3) is 0 Å². The zero-order valence-electron chi connectivity index (χ0n) is 10.9. The summed E-state index contributed by atoms with van der Waals surface area (Å²) < 4.78 is 13.3. The third kappa shape index (κ3) is 3.36. The molecule has 0 aliphatic heterocycles. The maximum atomic E-state index is 13.3. The van der Waals surface area contributed by atoms with Gasteiger partial charge in [0.1, 0.15) is 5.82 Å². The highest BCUT2D eigenvalue weighted by Crippen LogP contribution is 2.25. The van der Waals surface area contributed by atoms with Gasteiger partial charge in [-0.2, -0.15) is 0 Å². The Hall–Kier alpha value is -1.87. The first kappa shape index (κ1) is 14.5. The van der Waals surface area contributed by atoms with Crippen molar-refractivity contribution in [2.45, 2.75) is 19.3 Å². The lowest BCUT2D eigenvalue weighted by Gasteiger charge is -2.15. The van der Waals surface area contributed by atoms with E-state index < -0.39 is 11.9 Å². The molecule has 2 aromatic rings. The Kier molecular flexibility index (Phi) is 4.40. The van der Waals surface area contributed by atoms with Gasteiger partial charge in [0.15, 0.2) is 0 Å². The SMILES string of the molecule is Cc1ccc(F)cc1CC(C(=O)O)c1cccc(Cl)c1. The van der Waals surface area contributed by atoms with Crippen molar-refractivity contribution in [2.24, 2.45) is 0 Å². The Labute approximate surface area is 121 Å². The van der Waals surface area contributed by atoms with E-state index in [-0.39, 0.29) is 12.2 Å². The number of hydrogen-bond acceptors (Lipinski definition) is 1. The molecule has 0 spiro atoms. The van der Waals surface area contributed by atoms with E-state index in [0.717, 1.165) is 5.56 Å².